The zero-order valence-electron chi connectivity index (χ0n) is 24.4. The number of Topliss-reactive ketones (excluding diaryl/α,β-unsaturated/α-hetero) is 2. The van der Waals surface area contributed by atoms with Crippen LogP contribution in [0.15, 0.2) is 46.1 Å². The molecule has 2 unspecified atom stereocenters. The zero-order chi connectivity index (χ0) is 31.0. The molecule has 3 atom stereocenters. The fourth-order valence-corrected chi connectivity index (χ4v) is 7.07. The van der Waals surface area contributed by atoms with Crippen molar-refractivity contribution in [1.82, 2.24) is 14.8 Å². The predicted molar refractivity (Wildman–Crippen MR) is 154 cm³/mol. The topological polar surface area (TPSA) is 155 Å². The Kier molecular flexibility index (Phi) is 6.59. The van der Waals surface area contributed by atoms with Gasteiger partial charge in [-0.2, -0.15) is 0 Å². The molecule has 0 saturated carbocycles. The highest BCUT2D eigenvalue weighted by Crippen LogP contribution is 2.57. The number of carbonyl (C=O) groups is 4. The van der Waals surface area contributed by atoms with E-state index in [0.29, 0.717) is 19.6 Å². The average molecular weight is 588 g/mol. The smallest absolute Gasteiger partial charge is 0.250 e. The van der Waals surface area contributed by atoms with Gasteiger partial charge in [0.2, 0.25) is 5.91 Å². The van der Waals surface area contributed by atoms with Crippen LogP contribution in [0.25, 0.3) is 0 Å². The number of pyridine rings is 1. The largest absolute Gasteiger partial charge is 0.507 e. The Bertz CT molecular complexity index is 1770. The van der Waals surface area contributed by atoms with Crippen molar-refractivity contribution in [2.24, 2.45) is 5.92 Å². The van der Waals surface area contributed by atoms with Crippen molar-refractivity contribution >= 4 is 23.3 Å². The van der Waals surface area contributed by atoms with Crippen LogP contribution in [0.2, 0.25) is 0 Å². The molecule has 11 nitrogen and oxygen atoms in total. The summed E-state index contributed by atoms with van der Waals surface area (Å²) in [6.07, 6.45) is 2.24. The normalized spacial score (nSPS) is 24.8. The zero-order valence-corrected chi connectivity index (χ0v) is 24.4. The number of phenols is 2. The maximum atomic E-state index is 14.0. The number of piperidine rings is 1. The van der Waals surface area contributed by atoms with Crippen LogP contribution in [-0.2, 0) is 26.3 Å². The number of carbonyl (C=O) groups excluding carboxylic acids is 4. The van der Waals surface area contributed by atoms with Gasteiger partial charge in [-0.05, 0) is 46.1 Å². The molecule has 11 heteroatoms. The summed E-state index contributed by atoms with van der Waals surface area (Å²) in [7, 11) is 0. The molecular formula is C32H33N3O8. The van der Waals surface area contributed by atoms with Gasteiger partial charge in [-0.15, -0.1) is 0 Å². The Hall–Kier alpha value is -4.67. The van der Waals surface area contributed by atoms with Crippen LogP contribution < -0.4 is 15.6 Å². The van der Waals surface area contributed by atoms with Gasteiger partial charge in [-0.1, -0.05) is 6.07 Å². The molecule has 2 aromatic rings. The van der Waals surface area contributed by atoms with E-state index in [2.05, 4.69) is 5.32 Å². The summed E-state index contributed by atoms with van der Waals surface area (Å²) in [5, 5.41) is 24.6. The van der Waals surface area contributed by atoms with Crippen molar-refractivity contribution < 1.29 is 34.1 Å². The molecule has 0 radical (unpaired) electrons. The van der Waals surface area contributed by atoms with E-state index in [1.807, 2.05) is 15.5 Å². The van der Waals surface area contributed by atoms with Gasteiger partial charge in [0.05, 0.1) is 11.1 Å². The number of amides is 1. The standard InChI is InChI=1S/C32H33N3O8/c1-15-28(40)26(17(3)36)30-27(29(15)41)32(4)22(43-30)11-21(37)25(31(32)42)16(2)33-9-8-23(38)34-12-18-10-19(14-34)20-6-5-7-24(39)35(20)13-18/h5-7,11,18-19,33,40-41H,8-10,12-14H2,1-4H3/t18?,19?,32-/m0/s1. The Labute approximate surface area is 247 Å². The molecular weight excluding hydrogens is 554 g/mol. The van der Waals surface area contributed by atoms with Crippen LogP contribution in [0.5, 0.6) is 17.2 Å². The van der Waals surface area contributed by atoms with Crippen LogP contribution >= 0.6 is 0 Å². The molecule has 1 amide bonds. The van der Waals surface area contributed by atoms with E-state index < -0.39 is 28.5 Å². The number of allylic oxidation sites excluding steroid dienone is 4. The number of benzene rings is 1. The highest BCUT2D eigenvalue weighted by Gasteiger charge is 2.56. The summed E-state index contributed by atoms with van der Waals surface area (Å²) < 4.78 is 7.61. The Morgan fingerprint density at radius 1 is 1.09 bits per heavy atom. The third kappa shape index (κ3) is 4.20. The van der Waals surface area contributed by atoms with Crippen LogP contribution in [0, 0.1) is 12.8 Å². The molecule has 0 spiro atoms. The van der Waals surface area contributed by atoms with Crippen molar-refractivity contribution in [3.63, 3.8) is 0 Å². The lowest BCUT2D eigenvalue weighted by Crippen LogP contribution is -2.49. The molecule has 6 rings (SSSR count). The average Bonchev–Trinajstić information content (AvgIpc) is 3.24. The number of ether oxygens (including phenoxy) is 1. The molecule has 3 aliphatic heterocycles. The third-order valence-electron chi connectivity index (χ3n) is 9.32. The first-order chi connectivity index (χ1) is 20.3. The molecule has 1 saturated heterocycles. The van der Waals surface area contributed by atoms with Gasteiger partial charge >= 0.3 is 0 Å². The summed E-state index contributed by atoms with van der Waals surface area (Å²) in [5.74, 6) is -2.52. The Morgan fingerprint density at radius 2 is 1.84 bits per heavy atom. The second-order valence-electron chi connectivity index (χ2n) is 12.1. The summed E-state index contributed by atoms with van der Waals surface area (Å²) in [6, 6.07) is 5.27. The number of nitrogens with zero attached hydrogens (tertiary/aromatic N) is 2. The number of aromatic nitrogens is 1. The van der Waals surface area contributed by atoms with Gasteiger partial charge < -0.3 is 29.7 Å². The number of likely N-dealkylation sites (tertiary alicyclic amines) is 1. The van der Waals surface area contributed by atoms with Gasteiger partial charge in [0.1, 0.15) is 34.0 Å². The maximum Gasteiger partial charge on any atom is 0.250 e. The highest BCUT2D eigenvalue weighted by molar-refractivity contribution is 6.31. The van der Waals surface area contributed by atoms with Crippen molar-refractivity contribution in [3.05, 3.63) is 74.0 Å². The summed E-state index contributed by atoms with van der Waals surface area (Å²) in [6.45, 7) is 7.62. The lowest BCUT2D eigenvalue weighted by molar-refractivity contribution is -0.133. The molecule has 1 aromatic carbocycles. The van der Waals surface area contributed by atoms with Gasteiger partial charge in [0.25, 0.3) is 5.56 Å². The van der Waals surface area contributed by atoms with E-state index in [-0.39, 0.29) is 81.5 Å². The number of rotatable bonds is 5. The molecule has 4 aliphatic rings. The number of hydrogen-bond acceptors (Lipinski definition) is 9. The number of hydrogen-bond donors (Lipinski definition) is 3. The minimum absolute atomic E-state index is 0.0160. The Morgan fingerprint density at radius 3 is 2.56 bits per heavy atom. The third-order valence-corrected chi connectivity index (χ3v) is 9.32. The quantitative estimate of drug-likeness (QED) is 0.272. The van der Waals surface area contributed by atoms with Crippen LogP contribution in [-0.4, -0.2) is 62.6 Å². The maximum absolute atomic E-state index is 14.0. The van der Waals surface area contributed by atoms with Crippen LogP contribution in [0.1, 0.15) is 66.7 Å². The summed E-state index contributed by atoms with van der Waals surface area (Å²) in [5.41, 5.74) is -0.644. The number of fused-ring (bicyclic) bond motifs is 7. The van der Waals surface area contributed by atoms with E-state index >= 15 is 0 Å². The molecule has 4 heterocycles. The van der Waals surface area contributed by atoms with Gasteiger partial charge in [0.15, 0.2) is 17.3 Å². The van der Waals surface area contributed by atoms with Crippen LogP contribution in [0.3, 0.4) is 0 Å². The predicted octanol–water partition coefficient (Wildman–Crippen LogP) is 2.36. The summed E-state index contributed by atoms with van der Waals surface area (Å²) >= 11 is 0. The fourth-order valence-electron chi connectivity index (χ4n) is 7.07. The van der Waals surface area contributed by atoms with Crippen molar-refractivity contribution in [2.45, 2.75) is 58.4 Å². The number of phenolic OH excluding ortho intramolecular Hbond substituents is 2. The minimum Gasteiger partial charge on any atom is -0.507 e. The van der Waals surface area contributed by atoms with Crippen molar-refractivity contribution in [1.29, 1.82) is 0 Å². The van der Waals surface area contributed by atoms with E-state index in [0.717, 1.165) is 12.1 Å². The lowest BCUT2D eigenvalue weighted by Gasteiger charge is -2.42. The van der Waals surface area contributed by atoms with Crippen LogP contribution in [0.4, 0.5) is 0 Å². The first-order valence-corrected chi connectivity index (χ1v) is 14.4. The SMILES string of the molecule is CC(=O)c1c(O)c(C)c(O)c2c1OC1=CC(=O)C(=C(C)NCCC(=O)N3CC4CC(C3)c3cccc(=O)n3C4)C(=O)[C@@]12C. The number of aromatic hydroxyl groups is 2. The van der Waals surface area contributed by atoms with Crippen molar-refractivity contribution in [2.75, 3.05) is 19.6 Å². The first-order valence-electron chi connectivity index (χ1n) is 14.4. The Balaban J connectivity index is 1.20. The number of ketones is 3. The molecule has 1 aromatic heterocycles. The number of nitrogens with one attached hydrogen (secondary N) is 1. The minimum atomic E-state index is -1.60. The monoisotopic (exact) mass is 587 g/mol. The molecule has 224 valence electrons. The fraction of sp³-hybridized carbons (Fsp3) is 0.406. The van der Waals surface area contributed by atoms with E-state index in [4.69, 9.17) is 4.74 Å². The van der Waals surface area contributed by atoms with E-state index in [9.17, 15) is 34.2 Å². The highest BCUT2D eigenvalue weighted by atomic mass is 16.5. The second-order valence-corrected chi connectivity index (χ2v) is 12.1. The molecule has 3 N–H and O–H groups in total. The van der Waals surface area contributed by atoms with E-state index in [1.165, 1.54) is 26.8 Å². The summed E-state index contributed by atoms with van der Waals surface area (Å²) in [4.78, 5) is 66.8. The van der Waals surface area contributed by atoms with Crippen molar-refractivity contribution in [3.8, 4) is 17.2 Å². The van der Waals surface area contributed by atoms with Gasteiger partial charge in [-0.3, -0.25) is 24.0 Å². The lowest BCUT2D eigenvalue weighted by atomic mass is 9.70. The second kappa shape index (κ2) is 9.96. The molecule has 1 aliphatic carbocycles. The molecule has 2 bridgehead atoms. The van der Waals surface area contributed by atoms with Gasteiger partial charge in [-0.25, -0.2) is 0 Å². The first kappa shape index (κ1) is 28.4. The molecule has 1 fully saturated rings. The molecule has 43 heavy (non-hydrogen) atoms. The van der Waals surface area contributed by atoms with E-state index in [1.54, 1.807) is 19.1 Å². The van der Waals surface area contributed by atoms with Gasteiger partial charge in [0, 0.05) is 67.6 Å².